The topological polar surface area (TPSA) is 50.2 Å². The van der Waals surface area contributed by atoms with E-state index in [1.54, 1.807) is 6.20 Å². The summed E-state index contributed by atoms with van der Waals surface area (Å²) in [4.78, 5) is 19.1. The SMILES string of the molecule is O=C(CBr)c1cnc2[nH]c3ccccc3n12. The van der Waals surface area contributed by atoms with Gasteiger partial charge in [0.05, 0.1) is 22.6 Å². The number of carbonyl (C=O) groups excluding carboxylic acids is 1. The van der Waals surface area contributed by atoms with E-state index in [-0.39, 0.29) is 5.78 Å². The molecule has 16 heavy (non-hydrogen) atoms. The van der Waals surface area contributed by atoms with Crippen LogP contribution in [0, 0.1) is 0 Å². The van der Waals surface area contributed by atoms with E-state index >= 15 is 0 Å². The zero-order valence-electron chi connectivity index (χ0n) is 8.27. The van der Waals surface area contributed by atoms with Crippen LogP contribution in [-0.2, 0) is 0 Å². The largest absolute Gasteiger partial charge is 0.323 e. The molecule has 2 aromatic heterocycles. The van der Waals surface area contributed by atoms with E-state index < -0.39 is 0 Å². The van der Waals surface area contributed by atoms with Crippen molar-refractivity contribution in [2.24, 2.45) is 0 Å². The third-order valence-corrected chi connectivity index (χ3v) is 3.07. The minimum atomic E-state index is 0.0252. The molecule has 0 aliphatic carbocycles. The van der Waals surface area contributed by atoms with E-state index in [1.807, 2.05) is 28.7 Å². The number of imidazole rings is 2. The van der Waals surface area contributed by atoms with Gasteiger partial charge in [0.25, 0.3) is 0 Å². The number of halogens is 1. The van der Waals surface area contributed by atoms with Crippen LogP contribution in [0.5, 0.6) is 0 Å². The number of para-hydroxylation sites is 2. The second kappa shape index (κ2) is 3.45. The number of fused-ring (bicyclic) bond motifs is 3. The number of benzene rings is 1. The molecule has 0 amide bonds. The molecule has 0 radical (unpaired) electrons. The summed E-state index contributed by atoms with van der Waals surface area (Å²) >= 11 is 3.17. The average Bonchev–Trinajstić information content (AvgIpc) is 2.86. The van der Waals surface area contributed by atoms with Crippen LogP contribution in [-0.4, -0.2) is 25.5 Å². The zero-order valence-corrected chi connectivity index (χ0v) is 9.86. The van der Waals surface area contributed by atoms with Gasteiger partial charge in [-0.05, 0) is 12.1 Å². The number of alkyl halides is 1. The maximum absolute atomic E-state index is 11.7. The second-order valence-electron chi connectivity index (χ2n) is 3.50. The number of nitrogens with zero attached hydrogens (tertiary/aromatic N) is 2. The molecule has 1 aromatic carbocycles. The molecule has 0 fully saturated rings. The Kier molecular flexibility index (Phi) is 2.07. The number of nitrogens with one attached hydrogen (secondary N) is 1. The lowest BCUT2D eigenvalue weighted by Crippen LogP contribution is -2.03. The molecule has 0 aliphatic rings. The van der Waals surface area contributed by atoms with Gasteiger partial charge >= 0.3 is 0 Å². The molecule has 0 saturated heterocycles. The van der Waals surface area contributed by atoms with Crippen LogP contribution in [0.1, 0.15) is 10.5 Å². The Labute approximate surface area is 99.4 Å². The van der Waals surface area contributed by atoms with Crippen molar-refractivity contribution >= 4 is 38.5 Å². The van der Waals surface area contributed by atoms with Crippen LogP contribution in [0.3, 0.4) is 0 Å². The van der Waals surface area contributed by atoms with Crippen molar-refractivity contribution in [3.05, 3.63) is 36.2 Å². The number of hydrogen-bond donors (Lipinski definition) is 1. The number of aromatic amines is 1. The highest BCUT2D eigenvalue weighted by Crippen LogP contribution is 2.18. The maximum Gasteiger partial charge on any atom is 0.212 e. The Hall–Kier alpha value is -1.62. The quantitative estimate of drug-likeness (QED) is 0.578. The molecule has 2 heterocycles. The molecule has 0 atom stereocenters. The molecule has 4 nitrogen and oxygen atoms in total. The summed E-state index contributed by atoms with van der Waals surface area (Å²) in [5, 5.41) is 0.306. The van der Waals surface area contributed by atoms with Crippen LogP contribution in [0.4, 0.5) is 0 Å². The molecular formula is C11H8BrN3O. The van der Waals surface area contributed by atoms with Gasteiger partial charge in [-0.1, -0.05) is 28.1 Å². The molecule has 0 saturated carbocycles. The zero-order chi connectivity index (χ0) is 11.1. The third-order valence-electron chi connectivity index (χ3n) is 2.56. The van der Waals surface area contributed by atoms with E-state index in [4.69, 9.17) is 0 Å². The fourth-order valence-corrected chi connectivity index (χ4v) is 2.13. The number of carbonyl (C=O) groups is 1. The minimum Gasteiger partial charge on any atom is -0.323 e. The molecule has 0 bridgehead atoms. The van der Waals surface area contributed by atoms with Crippen molar-refractivity contribution in [2.45, 2.75) is 0 Å². The van der Waals surface area contributed by atoms with Crippen LogP contribution < -0.4 is 0 Å². The molecule has 1 N–H and O–H groups in total. The molecule has 0 unspecified atom stereocenters. The smallest absolute Gasteiger partial charge is 0.212 e. The number of ketones is 1. The highest BCUT2D eigenvalue weighted by Gasteiger charge is 2.14. The highest BCUT2D eigenvalue weighted by molar-refractivity contribution is 9.09. The van der Waals surface area contributed by atoms with E-state index in [9.17, 15) is 4.79 Å². The van der Waals surface area contributed by atoms with Crippen molar-refractivity contribution in [1.82, 2.24) is 14.4 Å². The van der Waals surface area contributed by atoms with E-state index in [1.165, 1.54) is 0 Å². The summed E-state index contributed by atoms with van der Waals surface area (Å²) < 4.78 is 1.85. The third kappa shape index (κ3) is 1.21. The monoisotopic (exact) mass is 277 g/mol. The van der Waals surface area contributed by atoms with Gasteiger partial charge in [0.15, 0.2) is 5.78 Å². The summed E-state index contributed by atoms with van der Waals surface area (Å²) in [7, 11) is 0. The van der Waals surface area contributed by atoms with Gasteiger partial charge < -0.3 is 4.98 Å². The van der Waals surface area contributed by atoms with Crippen molar-refractivity contribution in [3.8, 4) is 0 Å². The van der Waals surface area contributed by atoms with Gasteiger partial charge in [0, 0.05) is 0 Å². The minimum absolute atomic E-state index is 0.0252. The van der Waals surface area contributed by atoms with E-state index in [0.717, 1.165) is 11.0 Å². The molecule has 0 aliphatic heterocycles. The lowest BCUT2D eigenvalue weighted by atomic mass is 10.3. The van der Waals surface area contributed by atoms with Gasteiger partial charge in [0.1, 0.15) is 5.69 Å². The van der Waals surface area contributed by atoms with Crippen molar-refractivity contribution in [2.75, 3.05) is 5.33 Å². The number of H-pyrrole nitrogens is 1. The van der Waals surface area contributed by atoms with Crippen LogP contribution >= 0.6 is 15.9 Å². The average molecular weight is 278 g/mol. The lowest BCUT2D eigenvalue weighted by molar-refractivity contribution is 0.101. The fourth-order valence-electron chi connectivity index (χ4n) is 1.84. The first kappa shape index (κ1) is 9.59. The Bertz CT molecular complexity index is 683. The Morgan fingerprint density at radius 3 is 3.06 bits per heavy atom. The summed E-state index contributed by atoms with van der Waals surface area (Å²) in [6.07, 6.45) is 1.60. The molecule has 3 rings (SSSR count). The van der Waals surface area contributed by atoms with Gasteiger partial charge in [0.2, 0.25) is 5.78 Å². The standard InChI is InChI=1S/C11H8BrN3O/c12-5-10(16)9-6-13-11-14-7-3-1-2-4-8(7)15(9)11/h1-4,6H,5H2,(H,13,14). The van der Waals surface area contributed by atoms with Crippen LogP contribution in [0.2, 0.25) is 0 Å². The van der Waals surface area contributed by atoms with Crippen LogP contribution in [0.25, 0.3) is 16.8 Å². The molecule has 5 heteroatoms. The first-order valence-electron chi connectivity index (χ1n) is 4.84. The number of aromatic nitrogens is 3. The number of Topliss-reactive ketones (excluding diaryl/α,β-unsaturated/α-hetero) is 1. The first-order chi connectivity index (χ1) is 7.81. The van der Waals surface area contributed by atoms with E-state index in [0.29, 0.717) is 16.8 Å². The summed E-state index contributed by atoms with van der Waals surface area (Å²) in [6, 6.07) is 7.82. The number of rotatable bonds is 2. The highest BCUT2D eigenvalue weighted by atomic mass is 79.9. The van der Waals surface area contributed by atoms with Gasteiger partial charge in [-0.15, -0.1) is 0 Å². The first-order valence-corrected chi connectivity index (χ1v) is 5.97. The second-order valence-corrected chi connectivity index (χ2v) is 4.06. The Morgan fingerprint density at radius 2 is 2.25 bits per heavy atom. The molecule has 80 valence electrons. The van der Waals surface area contributed by atoms with Crippen molar-refractivity contribution in [3.63, 3.8) is 0 Å². The van der Waals surface area contributed by atoms with Gasteiger partial charge in [-0.2, -0.15) is 0 Å². The van der Waals surface area contributed by atoms with Crippen molar-refractivity contribution in [1.29, 1.82) is 0 Å². The van der Waals surface area contributed by atoms with Crippen molar-refractivity contribution < 1.29 is 4.79 Å². The lowest BCUT2D eigenvalue weighted by Gasteiger charge is -1.95. The predicted octanol–water partition coefficient (Wildman–Crippen LogP) is 2.39. The molecule has 3 aromatic rings. The summed E-state index contributed by atoms with van der Waals surface area (Å²) in [6.45, 7) is 0. The Balaban J connectivity index is 2.43. The molecule has 0 spiro atoms. The fraction of sp³-hybridized carbons (Fsp3) is 0.0909. The van der Waals surface area contributed by atoms with Crippen LogP contribution in [0.15, 0.2) is 30.5 Å². The summed E-state index contributed by atoms with van der Waals surface area (Å²) in [5.74, 6) is 0.725. The van der Waals surface area contributed by atoms with Gasteiger partial charge in [-0.25, -0.2) is 4.98 Å². The normalized spacial score (nSPS) is 11.3. The molecular weight excluding hydrogens is 270 g/mol. The predicted molar refractivity (Wildman–Crippen MR) is 65.2 cm³/mol. The Morgan fingerprint density at radius 1 is 1.44 bits per heavy atom. The number of hydrogen-bond acceptors (Lipinski definition) is 2. The van der Waals surface area contributed by atoms with Gasteiger partial charge in [-0.3, -0.25) is 9.20 Å². The summed E-state index contributed by atoms with van der Waals surface area (Å²) in [5.41, 5.74) is 2.55. The van der Waals surface area contributed by atoms with E-state index in [2.05, 4.69) is 25.9 Å². The maximum atomic E-state index is 11.7.